The van der Waals surface area contributed by atoms with Crippen molar-refractivity contribution < 1.29 is 24.2 Å². The van der Waals surface area contributed by atoms with Crippen molar-refractivity contribution >= 4 is 18.0 Å². The van der Waals surface area contributed by atoms with E-state index in [0.29, 0.717) is 12.3 Å². The molecule has 1 fully saturated rings. The maximum absolute atomic E-state index is 12.9. The summed E-state index contributed by atoms with van der Waals surface area (Å²) in [7, 11) is 0. The van der Waals surface area contributed by atoms with Crippen LogP contribution in [-0.2, 0) is 14.3 Å². The van der Waals surface area contributed by atoms with Gasteiger partial charge in [-0.2, -0.15) is 0 Å². The van der Waals surface area contributed by atoms with Crippen molar-refractivity contribution in [2.45, 2.75) is 58.0 Å². The first-order valence-electron chi connectivity index (χ1n) is 11.8. The second kappa shape index (κ2) is 9.49. The lowest BCUT2D eigenvalue weighted by atomic mass is 9.86. The van der Waals surface area contributed by atoms with Crippen LogP contribution in [0.1, 0.15) is 57.1 Å². The molecule has 2 amide bonds. The van der Waals surface area contributed by atoms with Gasteiger partial charge in [0.1, 0.15) is 18.7 Å². The Morgan fingerprint density at radius 1 is 0.971 bits per heavy atom. The summed E-state index contributed by atoms with van der Waals surface area (Å²) in [6, 6.07) is 14.3. The lowest BCUT2D eigenvalue weighted by molar-refractivity contribution is -0.145. The zero-order valence-electron chi connectivity index (χ0n) is 19.8. The summed E-state index contributed by atoms with van der Waals surface area (Å²) in [5.74, 6) is -1.33. The molecule has 34 heavy (non-hydrogen) atoms. The van der Waals surface area contributed by atoms with Gasteiger partial charge in [-0.3, -0.25) is 4.79 Å². The third-order valence-electron chi connectivity index (χ3n) is 6.62. The van der Waals surface area contributed by atoms with E-state index in [0.717, 1.165) is 35.1 Å². The van der Waals surface area contributed by atoms with Gasteiger partial charge in [-0.1, -0.05) is 82.1 Å². The van der Waals surface area contributed by atoms with Crippen molar-refractivity contribution in [3.05, 3.63) is 59.7 Å². The number of fused-ring (bicyclic) bond motifs is 3. The Bertz CT molecular complexity index is 1040. The van der Waals surface area contributed by atoms with Crippen molar-refractivity contribution in [3.8, 4) is 11.1 Å². The largest absolute Gasteiger partial charge is 0.480 e. The van der Waals surface area contributed by atoms with Crippen LogP contribution in [0.25, 0.3) is 11.1 Å². The van der Waals surface area contributed by atoms with Crippen LogP contribution >= 0.6 is 0 Å². The topological polar surface area (TPSA) is 105 Å². The normalized spacial score (nSPS) is 16.7. The quantitative estimate of drug-likeness (QED) is 0.540. The molecule has 1 saturated carbocycles. The maximum Gasteiger partial charge on any atom is 0.407 e. The molecular weight excluding hydrogens is 432 g/mol. The molecule has 0 heterocycles. The van der Waals surface area contributed by atoms with E-state index < -0.39 is 35.5 Å². The van der Waals surface area contributed by atoms with Crippen LogP contribution in [0.5, 0.6) is 0 Å². The second-order valence-electron chi connectivity index (χ2n) is 10.3. The molecule has 2 aromatic rings. The molecule has 0 radical (unpaired) electrons. The number of carboxylic acid groups (broad SMARTS) is 1. The van der Waals surface area contributed by atoms with Crippen LogP contribution in [0.15, 0.2) is 48.5 Å². The molecule has 2 atom stereocenters. The van der Waals surface area contributed by atoms with Crippen LogP contribution in [-0.4, -0.2) is 41.8 Å². The molecule has 4 rings (SSSR count). The van der Waals surface area contributed by atoms with E-state index in [2.05, 4.69) is 22.8 Å². The average Bonchev–Trinajstić information content (AvgIpc) is 3.55. The van der Waals surface area contributed by atoms with E-state index in [1.54, 1.807) is 20.8 Å². The zero-order chi connectivity index (χ0) is 24.5. The van der Waals surface area contributed by atoms with Gasteiger partial charge in [0.05, 0.1) is 0 Å². The number of aliphatic carboxylic acids is 1. The molecule has 0 bridgehead atoms. The Kier molecular flexibility index (Phi) is 6.64. The number of carboxylic acids is 1. The van der Waals surface area contributed by atoms with Gasteiger partial charge < -0.3 is 20.5 Å². The summed E-state index contributed by atoms with van der Waals surface area (Å²) >= 11 is 0. The third-order valence-corrected chi connectivity index (χ3v) is 6.62. The predicted molar refractivity (Wildman–Crippen MR) is 128 cm³/mol. The Balaban J connectivity index is 1.42. The van der Waals surface area contributed by atoms with E-state index >= 15 is 0 Å². The Morgan fingerprint density at radius 2 is 1.53 bits per heavy atom. The Labute approximate surface area is 199 Å². The highest BCUT2D eigenvalue weighted by Crippen LogP contribution is 2.44. The number of nitrogens with one attached hydrogen (secondary N) is 2. The molecule has 2 aliphatic rings. The summed E-state index contributed by atoms with van der Waals surface area (Å²) in [5, 5.41) is 14.9. The first-order valence-corrected chi connectivity index (χ1v) is 11.8. The summed E-state index contributed by atoms with van der Waals surface area (Å²) in [4.78, 5) is 37.4. The molecule has 2 unspecified atom stereocenters. The molecule has 0 aliphatic heterocycles. The monoisotopic (exact) mass is 464 g/mol. The minimum Gasteiger partial charge on any atom is -0.480 e. The number of rotatable bonds is 8. The van der Waals surface area contributed by atoms with Crippen LogP contribution in [0.3, 0.4) is 0 Å². The Hall–Kier alpha value is -3.35. The molecule has 7 nitrogen and oxygen atoms in total. The molecule has 3 N–H and O–H groups in total. The minimum atomic E-state index is -1.10. The number of hydrogen-bond donors (Lipinski definition) is 3. The lowest BCUT2D eigenvalue weighted by Crippen LogP contribution is -2.55. The van der Waals surface area contributed by atoms with Gasteiger partial charge in [0.2, 0.25) is 5.91 Å². The SMILES string of the molecule is CC(C)(C)C(NC(=O)C(CC1CC1)NC(=O)OCC1c2ccccc2-c2ccccc21)C(=O)O. The highest BCUT2D eigenvalue weighted by atomic mass is 16.5. The van der Waals surface area contributed by atoms with Crippen LogP contribution in [0, 0.1) is 11.3 Å². The number of ether oxygens (including phenoxy) is 1. The molecule has 2 aromatic carbocycles. The number of alkyl carbamates (subject to hydrolysis) is 1. The fourth-order valence-corrected chi connectivity index (χ4v) is 4.59. The zero-order valence-corrected chi connectivity index (χ0v) is 19.8. The minimum absolute atomic E-state index is 0.0776. The number of carbonyl (C=O) groups is 3. The molecule has 0 spiro atoms. The second-order valence-corrected chi connectivity index (χ2v) is 10.3. The predicted octanol–water partition coefficient (Wildman–Crippen LogP) is 4.31. The van der Waals surface area contributed by atoms with Crippen LogP contribution in [0.4, 0.5) is 4.79 Å². The molecule has 7 heteroatoms. The van der Waals surface area contributed by atoms with Gasteiger partial charge in [-0.15, -0.1) is 0 Å². The van der Waals surface area contributed by atoms with Gasteiger partial charge in [-0.25, -0.2) is 9.59 Å². The van der Waals surface area contributed by atoms with Crippen molar-refractivity contribution in [1.29, 1.82) is 0 Å². The van der Waals surface area contributed by atoms with Gasteiger partial charge in [0, 0.05) is 5.92 Å². The van der Waals surface area contributed by atoms with Crippen molar-refractivity contribution in [2.75, 3.05) is 6.61 Å². The summed E-state index contributed by atoms with van der Waals surface area (Å²) in [6.45, 7) is 5.40. The van der Waals surface area contributed by atoms with Crippen LogP contribution in [0.2, 0.25) is 0 Å². The van der Waals surface area contributed by atoms with Crippen LogP contribution < -0.4 is 10.6 Å². The third kappa shape index (κ3) is 5.24. The summed E-state index contributed by atoms with van der Waals surface area (Å²) < 4.78 is 5.60. The fourth-order valence-electron chi connectivity index (χ4n) is 4.59. The number of carbonyl (C=O) groups excluding carboxylic acids is 2. The fraction of sp³-hybridized carbons (Fsp3) is 0.444. The number of benzene rings is 2. The number of hydrogen-bond acceptors (Lipinski definition) is 4. The van der Waals surface area contributed by atoms with Gasteiger partial charge in [-0.05, 0) is 40.0 Å². The molecule has 0 aromatic heterocycles. The first-order chi connectivity index (χ1) is 16.1. The smallest absolute Gasteiger partial charge is 0.407 e. The van der Waals surface area contributed by atoms with E-state index in [4.69, 9.17) is 4.74 Å². The van der Waals surface area contributed by atoms with Crippen molar-refractivity contribution in [3.63, 3.8) is 0 Å². The molecule has 180 valence electrons. The van der Waals surface area contributed by atoms with Gasteiger partial charge in [0.15, 0.2) is 0 Å². The van der Waals surface area contributed by atoms with E-state index in [-0.39, 0.29) is 12.5 Å². The van der Waals surface area contributed by atoms with Crippen molar-refractivity contribution in [2.24, 2.45) is 11.3 Å². The first kappa shape index (κ1) is 23.8. The lowest BCUT2D eigenvalue weighted by Gasteiger charge is -2.29. The summed E-state index contributed by atoms with van der Waals surface area (Å²) in [6.07, 6.45) is 1.78. The van der Waals surface area contributed by atoms with Gasteiger partial charge in [0.25, 0.3) is 0 Å². The van der Waals surface area contributed by atoms with Gasteiger partial charge >= 0.3 is 12.1 Å². The average molecular weight is 465 g/mol. The van der Waals surface area contributed by atoms with E-state index in [1.165, 1.54) is 0 Å². The molecule has 2 aliphatic carbocycles. The molecule has 0 saturated heterocycles. The van der Waals surface area contributed by atoms with Crippen molar-refractivity contribution in [1.82, 2.24) is 10.6 Å². The summed E-state index contributed by atoms with van der Waals surface area (Å²) in [5.41, 5.74) is 3.83. The Morgan fingerprint density at radius 3 is 2.03 bits per heavy atom. The number of amides is 2. The van der Waals surface area contributed by atoms with E-state index in [1.807, 2.05) is 36.4 Å². The molecular formula is C27H32N2O5. The highest BCUT2D eigenvalue weighted by molar-refractivity contribution is 5.89. The standard InChI is InChI=1S/C27H32N2O5/c1-27(2,3)23(25(31)32)29-24(30)22(14-16-12-13-16)28-26(33)34-15-21-19-10-6-4-8-17(19)18-9-5-7-11-20(18)21/h4-11,16,21-23H,12-15H2,1-3H3,(H,28,33)(H,29,30)(H,31,32). The maximum atomic E-state index is 12.9. The van der Waals surface area contributed by atoms with E-state index in [9.17, 15) is 19.5 Å². The highest BCUT2D eigenvalue weighted by Gasteiger charge is 2.37.